The SMILES string of the molecule is CCN1CCN(C(=O)c2ccccc2-n2cnnn2)CC1. The van der Waals surface area contributed by atoms with E-state index in [1.807, 2.05) is 29.2 Å². The zero-order chi connectivity index (χ0) is 14.7. The molecule has 1 amide bonds. The van der Waals surface area contributed by atoms with E-state index >= 15 is 0 Å². The largest absolute Gasteiger partial charge is 0.336 e. The van der Waals surface area contributed by atoms with Gasteiger partial charge >= 0.3 is 0 Å². The number of piperazine rings is 1. The Bertz CT molecular complexity index is 604. The van der Waals surface area contributed by atoms with Gasteiger partial charge in [0.2, 0.25) is 0 Å². The molecule has 21 heavy (non-hydrogen) atoms. The first-order valence-corrected chi connectivity index (χ1v) is 7.13. The third-order valence-electron chi connectivity index (χ3n) is 3.84. The molecular formula is C14H18N6O. The van der Waals surface area contributed by atoms with E-state index in [4.69, 9.17) is 0 Å². The number of aromatic nitrogens is 4. The molecule has 2 heterocycles. The third-order valence-corrected chi connectivity index (χ3v) is 3.84. The highest BCUT2D eigenvalue weighted by Crippen LogP contribution is 2.16. The molecule has 110 valence electrons. The summed E-state index contributed by atoms with van der Waals surface area (Å²) in [5.74, 6) is 0.0388. The van der Waals surface area contributed by atoms with Crippen LogP contribution in [0.1, 0.15) is 17.3 Å². The first-order chi connectivity index (χ1) is 10.3. The van der Waals surface area contributed by atoms with Crippen molar-refractivity contribution < 1.29 is 4.79 Å². The fourth-order valence-corrected chi connectivity index (χ4v) is 2.56. The molecule has 0 unspecified atom stereocenters. The summed E-state index contributed by atoms with van der Waals surface area (Å²) in [6.07, 6.45) is 1.50. The molecule has 1 fully saturated rings. The smallest absolute Gasteiger partial charge is 0.256 e. The number of likely N-dealkylation sites (N-methyl/N-ethyl adjacent to an activating group) is 1. The number of hydrogen-bond acceptors (Lipinski definition) is 5. The predicted octanol–water partition coefficient (Wildman–Crippen LogP) is 0.440. The van der Waals surface area contributed by atoms with E-state index in [1.165, 1.54) is 11.0 Å². The lowest BCUT2D eigenvalue weighted by atomic mass is 10.1. The Kier molecular flexibility index (Phi) is 3.92. The molecule has 0 radical (unpaired) electrons. The van der Waals surface area contributed by atoms with E-state index in [2.05, 4.69) is 27.3 Å². The van der Waals surface area contributed by atoms with Crippen molar-refractivity contribution in [2.75, 3.05) is 32.7 Å². The molecule has 7 heteroatoms. The lowest BCUT2D eigenvalue weighted by Crippen LogP contribution is -2.48. The number of para-hydroxylation sites is 1. The minimum atomic E-state index is 0.0388. The average molecular weight is 286 g/mol. The summed E-state index contributed by atoms with van der Waals surface area (Å²) in [6, 6.07) is 7.42. The quantitative estimate of drug-likeness (QED) is 0.819. The molecule has 2 aromatic rings. The van der Waals surface area contributed by atoms with Gasteiger partial charge in [-0.2, -0.15) is 4.68 Å². The van der Waals surface area contributed by atoms with Crippen LogP contribution in [0.25, 0.3) is 5.69 Å². The van der Waals surface area contributed by atoms with Gasteiger partial charge in [-0.15, -0.1) is 5.10 Å². The Morgan fingerprint density at radius 1 is 1.19 bits per heavy atom. The third kappa shape index (κ3) is 2.78. The Balaban J connectivity index is 1.83. The van der Waals surface area contributed by atoms with E-state index < -0.39 is 0 Å². The van der Waals surface area contributed by atoms with Crippen molar-refractivity contribution in [3.05, 3.63) is 36.2 Å². The standard InChI is InChI=1S/C14H18N6O/c1-2-18-7-9-19(10-8-18)14(21)12-5-3-4-6-13(12)20-11-15-16-17-20/h3-6,11H,2,7-10H2,1H3. The maximum absolute atomic E-state index is 12.7. The van der Waals surface area contributed by atoms with Gasteiger partial charge < -0.3 is 9.80 Å². The molecule has 0 aliphatic carbocycles. The van der Waals surface area contributed by atoms with E-state index in [0.717, 1.165) is 32.7 Å². The molecule has 1 aromatic carbocycles. The fourth-order valence-electron chi connectivity index (χ4n) is 2.56. The van der Waals surface area contributed by atoms with Crippen LogP contribution in [-0.4, -0.2) is 68.6 Å². The molecule has 0 bridgehead atoms. The molecule has 0 N–H and O–H groups in total. The molecule has 0 atom stereocenters. The number of carbonyl (C=O) groups excluding carboxylic acids is 1. The Hall–Kier alpha value is -2.28. The van der Waals surface area contributed by atoms with Crippen molar-refractivity contribution >= 4 is 5.91 Å². The number of rotatable bonds is 3. The highest BCUT2D eigenvalue weighted by atomic mass is 16.2. The molecule has 1 aromatic heterocycles. The molecule has 1 aliphatic rings. The highest BCUT2D eigenvalue weighted by molar-refractivity contribution is 5.97. The van der Waals surface area contributed by atoms with Crippen molar-refractivity contribution in [3.63, 3.8) is 0 Å². The van der Waals surface area contributed by atoms with Crippen molar-refractivity contribution in [2.24, 2.45) is 0 Å². The van der Waals surface area contributed by atoms with Gasteiger partial charge in [0.25, 0.3) is 5.91 Å². The number of hydrogen-bond donors (Lipinski definition) is 0. The zero-order valence-corrected chi connectivity index (χ0v) is 12.0. The van der Waals surface area contributed by atoms with Crippen LogP contribution in [0.15, 0.2) is 30.6 Å². The zero-order valence-electron chi connectivity index (χ0n) is 12.0. The summed E-state index contributed by atoms with van der Waals surface area (Å²) in [5, 5.41) is 11.1. The Morgan fingerprint density at radius 2 is 1.95 bits per heavy atom. The maximum Gasteiger partial charge on any atom is 0.256 e. The van der Waals surface area contributed by atoms with Crippen LogP contribution in [0.5, 0.6) is 0 Å². The van der Waals surface area contributed by atoms with Crippen molar-refractivity contribution in [1.82, 2.24) is 30.0 Å². The maximum atomic E-state index is 12.7. The van der Waals surface area contributed by atoms with Gasteiger partial charge in [-0.25, -0.2) is 0 Å². The van der Waals surface area contributed by atoms with E-state index in [9.17, 15) is 4.79 Å². The second-order valence-corrected chi connectivity index (χ2v) is 5.00. The fraction of sp³-hybridized carbons (Fsp3) is 0.429. The van der Waals surface area contributed by atoms with Gasteiger partial charge in [0, 0.05) is 26.2 Å². The molecule has 0 spiro atoms. The summed E-state index contributed by atoms with van der Waals surface area (Å²) in [6.45, 7) is 6.55. The topological polar surface area (TPSA) is 67.2 Å². The Morgan fingerprint density at radius 3 is 2.62 bits per heavy atom. The number of carbonyl (C=O) groups is 1. The van der Waals surface area contributed by atoms with Crippen molar-refractivity contribution in [3.8, 4) is 5.69 Å². The number of nitrogens with zero attached hydrogens (tertiary/aromatic N) is 6. The van der Waals surface area contributed by atoms with E-state index in [0.29, 0.717) is 11.3 Å². The molecule has 0 saturated carbocycles. The highest BCUT2D eigenvalue weighted by Gasteiger charge is 2.23. The summed E-state index contributed by atoms with van der Waals surface area (Å²) in [7, 11) is 0. The van der Waals surface area contributed by atoms with E-state index in [1.54, 1.807) is 0 Å². The van der Waals surface area contributed by atoms with Gasteiger partial charge in [-0.1, -0.05) is 19.1 Å². The summed E-state index contributed by atoms with van der Waals surface area (Å²) < 4.78 is 1.52. The molecule has 7 nitrogen and oxygen atoms in total. The van der Waals surface area contributed by atoms with Crippen molar-refractivity contribution in [2.45, 2.75) is 6.92 Å². The number of tetrazole rings is 1. The summed E-state index contributed by atoms with van der Waals surface area (Å²) >= 11 is 0. The van der Waals surface area contributed by atoms with E-state index in [-0.39, 0.29) is 5.91 Å². The molecular weight excluding hydrogens is 268 g/mol. The van der Waals surface area contributed by atoms with Crippen LogP contribution in [0.3, 0.4) is 0 Å². The molecule has 1 saturated heterocycles. The first kappa shape index (κ1) is 13.7. The second-order valence-electron chi connectivity index (χ2n) is 5.00. The predicted molar refractivity (Wildman–Crippen MR) is 77.2 cm³/mol. The van der Waals surface area contributed by atoms with Gasteiger partial charge in [-0.05, 0) is 29.1 Å². The monoisotopic (exact) mass is 286 g/mol. The van der Waals surface area contributed by atoms with Gasteiger partial charge in [-0.3, -0.25) is 4.79 Å². The van der Waals surface area contributed by atoms with Crippen LogP contribution < -0.4 is 0 Å². The lowest BCUT2D eigenvalue weighted by Gasteiger charge is -2.34. The summed E-state index contributed by atoms with van der Waals surface area (Å²) in [5.41, 5.74) is 1.35. The van der Waals surface area contributed by atoms with Crippen LogP contribution >= 0.6 is 0 Å². The number of amides is 1. The minimum Gasteiger partial charge on any atom is -0.336 e. The molecule has 1 aliphatic heterocycles. The summed E-state index contributed by atoms with van der Waals surface area (Å²) in [4.78, 5) is 17.0. The average Bonchev–Trinajstić information content (AvgIpc) is 3.08. The molecule has 3 rings (SSSR count). The lowest BCUT2D eigenvalue weighted by molar-refractivity contribution is 0.0643. The van der Waals surface area contributed by atoms with Crippen LogP contribution in [-0.2, 0) is 0 Å². The second kappa shape index (κ2) is 6.01. The Labute approximate surface area is 123 Å². The normalized spacial score (nSPS) is 16.1. The van der Waals surface area contributed by atoms with Crippen molar-refractivity contribution in [1.29, 1.82) is 0 Å². The first-order valence-electron chi connectivity index (χ1n) is 7.13. The van der Waals surface area contributed by atoms with Crippen LogP contribution in [0, 0.1) is 0 Å². The number of benzene rings is 1. The van der Waals surface area contributed by atoms with Gasteiger partial charge in [0.05, 0.1) is 11.3 Å². The van der Waals surface area contributed by atoms with Gasteiger partial charge in [0.15, 0.2) is 0 Å². The van der Waals surface area contributed by atoms with Crippen LogP contribution in [0.4, 0.5) is 0 Å². The minimum absolute atomic E-state index is 0.0388. The van der Waals surface area contributed by atoms with Gasteiger partial charge in [0.1, 0.15) is 6.33 Å². The van der Waals surface area contributed by atoms with Crippen LogP contribution in [0.2, 0.25) is 0 Å².